The second kappa shape index (κ2) is 23.0. The summed E-state index contributed by atoms with van der Waals surface area (Å²) in [5.41, 5.74) is 26.7. The van der Waals surface area contributed by atoms with E-state index >= 15 is 0 Å². The number of guanidine groups is 2. The number of hydrogen-bond acceptors (Lipinski definition) is 11. The number of carbonyl (C=O) groups excluding carboxylic acids is 4. The molecule has 262 valence electrons. The third kappa shape index (κ3) is 18.4. The Morgan fingerprint density at radius 1 is 0.674 bits per heavy atom. The minimum absolute atomic E-state index is 0.0521. The molecule has 5 atom stereocenters. The van der Waals surface area contributed by atoms with Gasteiger partial charge in [-0.3, -0.25) is 34.0 Å². The largest absolute Gasteiger partial charge is 0.481 e. The van der Waals surface area contributed by atoms with Gasteiger partial charge in [0.1, 0.15) is 30.2 Å². The molecule has 0 aromatic carbocycles. The summed E-state index contributed by atoms with van der Waals surface area (Å²) < 4.78 is 0. The summed E-state index contributed by atoms with van der Waals surface area (Å²) in [5.74, 6) is -6.08. The van der Waals surface area contributed by atoms with Crippen LogP contribution >= 0.6 is 11.8 Å². The van der Waals surface area contributed by atoms with Crippen molar-refractivity contribution in [2.75, 3.05) is 31.7 Å². The number of rotatable bonds is 24. The Hall–Kier alpha value is -4.37. The van der Waals surface area contributed by atoms with Crippen LogP contribution in [-0.2, 0) is 28.8 Å². The topological polar surface area (TPSA) is 366 Å². The Kier molecular flexibility index (Phi) is 20.8. The first-order valence-corrected chi connectivity index (χ1v) is 15.6. The van der Waals surface area contributed by atoms with Gasteiger partial charge in [-0.1, -0.05) is 0 Å². The molecule has 0 spiro atoms. The Morgan fingerprint density at radius 2 is 1.09 bits per heavy atom. The lowest BCUT2D eigenvalue weighted by molar-refractivity contribution is -0.143. The average Bonchev–Trinajstić information content (AvgIpc) is 2.98. The number of aliphatic hydroxyl groups excluding tert-OH is 1. The highest BCUT2D eigenvalue weighted by molar-refractivity contribution is 7.98. The number of amides is 4. The molecule has 0 rings (SSSR count). The number of nitrogens with zero attached hydrogens (tertiary/aromatic N) is 2. The summed E-state index contributed by atoms with van der Waals surface area (Å²) in [6.45, 7) is -0.507. The van der Waals surface area contributed by atoms with Gasteiger partial charge < -0.3 is 65.3 Å². The van der Waals surface area contributed by atoms with Crippen molar-refractivity contribution < 1.29 is 44.1 Å². The molecule has 46 heavy (non-hydrogen) atoms. The van der Waals surface area contributed by atoms with Crippen molar-refractivity contribution in [1.82, 2.24) is 21.3 Å². The Labute approximate surface area is 270 Å². The Morgan fingerprint density at radius 3 is 1.50 bits per heavy atom. The highest BCUT2D eigenvalue weighted by Crippen LogP contribution is 2.08. The molecule has 4 amide bonds. The van der Waals surface area contributed by atoms with E-state index in [1.807, 2.05) is 0 Å². The van der Waals surface area contributed by atoms with Crippen LogP contribution < -0.4 is 49.9 Å². The molecule has 20 nitrogen and oxygen atoms in total. The van der Waals surface area contributed by atoms with Crippen LogP contribution in [0.3, 0.4) is 0 Å². The van der Waals surface area contributed by atoms with Crippen molar-refractivity contribution in [3.8, 4) is 0 Å². The van der Waals surface area contributed by atoms with E-state index in [9.17, 15) is 44.1 Å². The molecule has 0 saturated heterocycles. The first-order valence-electron chi connectivity index (χ1n) is 14.2. The lowest BCUT2D eigenvalue weighted by Gasteiger charge is -2.26. The number of nitrogens with one attached hydrogen (secondary N) is 4. The lowest BCUT2D eigenvalue weighted by atomic mass is 10.1. The van der Waals surface area contributed by atoms with Gasteiger partial charge in [0.2, 0.25) is 23.6 Å². The summed E-state index contributed by atoms with van der Waals surface area (Å²) in [6, 6.07) is -6.68. The second-order valence-electron chi connectivity index (χ2n) is 9.98. The molecule has 21 heteroatoms. The number of nitrogens with two attached hydrogens (primary N) is 5. The van der Waals surface area contributed by atoms with Gasteiger partial charge >= 0.3 is 11.9 Å². The van der Waals surface area contributed by atoms with Gasteiger partial charge in [0.15, 0.2) is 11.9 Å². The van der Waals surface area contributed by atoms with Crippen molar-refractivity contribution in [1.29, 1.82) is 0 Å². The zero-order chi connectivity index (χ0) is 35.2. The van der Waals surface area contributed by atoms with Crippen LogP contribution in [0.5, 0.6) is 0 Å². The van der Waals surface area contributed by atoms with Crippen molar-refractivity contribution in [3.05, 3.63) is 0 Å². The van der Waals surface area contributed by atoms with Gasteiger partial charge in [-0.2, -0.15) is 11.8 Å². The minimum Gasteiger partial charge on any atom is -0.481 e. The standard InChI is InChI=1S/C25H47N11O9S/c1-46-11-8-16(33-19(40)13(26)12-37)22(43)34-14(4-2-9-31-24(27)28)20(41)35-15(6-7-18(38)39)21(42)36-17(23(44)45)5-3-10-32-25(29)30/h13-17,37H,2-12,26H2,1H3,(H,33,40)(H,34,43)(H,35,41)(H,36,42)(H,38,39)(H,44,45)(H4,27,28,31)(H4,29,30,32)/t13-,14-,15-,16-,17-/m0/s1. The average molecular weight is 678 g/mol. The molecule has 17 N–H and O–H groups in total. The molecule has 0 heterocycles. The van der Waals surface area contributed by atoms with E-state index in [0.717, 1.165) is 0 Å². The molecule has 0 unspecified atom stereocenters. The van der Waals surface area contributed by atoms with Gasteiger partial charge in [-0.15, -0.1) is 0 Å². The van der Waals surface area contributed by atoms with Gasteiger partial charge in [-0.25, -0.2) is 4.79 Å². The van der Waals surface area contributed by atoms with Crippen molar-refractivity contribution in [2.45, 2.75) is 75.2 Å². The highest BCUT2D eigenvalue weighted by atomic mass is 32.2. The van der Waals surface area contributed by atoms with Crippen molar-refractivity contribution >= 4 is 59.2 Å². The first-order chi connectivity index (χ1) is 21.6. The van der Waals surface area contributed by atoms with Crippen LogP contribution in [0, 0.1) is 0 Å². The van der Waals surface area contributed by atoms with Crippen molar-refractivity contribution in [3.63, 3.8) is 0 Å². The van der Waals surface area contributed by atoms with E-state index in [-0.39, 0.29) is 57.1 Å². The Bertz CT molecular complexity index is 1090. The summed E-state index contributed by atoms with van der Waals surface area (Å²) in [7, 11) is 0. The van der Waals surface area contributed by atoms with Crippen LogP contribution in [0.4, 0.5) is 0 Å². The van der Waals surface area contributed by atoms with E-state index < -0.39 is 85.2 Å². The quantitative estimate of drug-likeness (QED) is 0.0259. The minimum atomic E-state index is -1.50. The van der Waals surface area contributed by atoms with E-state index in [1.165, 1.54) is 11.8 Å². The smallest absolute Gasteiger partial charge is 0.326 e. The molecule has 0 aromatic rings. The molecule has 0 fully saturated rings. The fourth-order valence-corrected chi connectivity index (χ4v) is 4.22. The molecule has 0 aliphatic heterocycles. The number of aliphatic carboxylic acids is 2. The van der Waals surface area contributed by atoms with Crippen molar-refractivity contribution in [2.24, 2.45) is 38.7 Å². The molecule has 0 saturated carbocycles. The van der Waals surface area contributed by atoms with Crippen LogP contribution in [0.15, 0.2) is 9.98 Å². The van der Waals surface area contributed by atoms with Crippen LogP contribution in [-0.4, -0.2) is 125 Å². The van der Waals surface area contributed by atoms with Gasteiger partial charge in [0.05, 0.1) is 6.61 Å². The van der Waals surface area contributed by atoms with Crippen LogP contribution in [0.25, 0.3) is 0 Å². The predicted octanol–water partition coefficient (Wildman–Crippen LogP) is -4.95. The monoisotopic (exact) mass is 677 g/mol. The summed E-state index contributed by atoms with van der Waals surface area (Å²) in [5, 5.41) is 37.6. The third-order valence-corrected chi connectivity index (χ3v) is 6.84. The van der Waals surface area contributed by atoms with E-state index in [1.54, 1.807) is 6.26 Å². The number of thioether (sulfide) groups is 1. The fraction of sp³-hybridized carbons (Fsp3) is 0.680. The maximum atomic E-state index is 13.4. The molecule has 0 aromatic heterocycles. The number of carbonyl (C=O) groups is 6. The third-order valence-electron chi connectivity index (χ3n) is 6.20. The van der Waals surface area contributed by atoms with E-state index in [2.05, 4.69) is 31.3 Å². The number of hydrogen-bond donors (Lipinski definition) is 12. The van der Waals surface area contributed by atoms with Gasteiger partial charge in [0.25, 0.3) is 0 Å². The second-order valence-corrected chi connectivity index (χ2v) is 11.0. The predicted molar refractivity (Wildman–Crippen MR) is 170 cm³/mol. The maximum absolute atomic E-state index is 13.4. The normalized spacial score (nSPS) is 13.9. The fourth-order valence-electron chi connectivity index (χ4n) is 3.75. The number of aliphatic imine (C=N–C) groups is 2. The van der Waals surface area contributed by atoms with Gasteiger partial charge in [0, 0.05) is 19.5 Å². The molecule has 0 bridgehead atoms. The highest BCUT2D eigenvalue weighted by Gasteiger charge is 2.31. The molecule has 0 radical (unpaired) electrons. The maximum Gasteiger partial charge on any atom is 0.326 e. The molecular formula is C25H47N11O9S. The number of aliphatic hydroxyl groups is 1. The Balaban J connectivity index is 6.03. The molecule has 0 aliphatic carbocycles. The van der Waals surface area contributed by atoms with Gasteiger partial charge in [-0.05, 0) is 50.5 Å². The summed E-state index contributed by atoms with van der Waals surface area (Å²) in [4.78, 5) is 82.7. The van der Waals surface area contributed by atoms with Crippen LogP contribution in [0.1, 0.15) is 44.9 Å². The molecule has 0 aliphatic rings. The summed E-state index contributed by atoms with van der Waals surface area (Å²) in [6.07, 6.45) is 1.18. The summed E-state index contributed by atoms with van der Waals surface area (Å²) >= 11 is 1.39. The zero-order valence-corrected chi connectivity index (χ0v) is 26.5. The first kappa shape index (κ1) is 41.6. The number of carboxylic acids is 2. The molecular weight excluding hydrogens is 630 g/mol. The lowest BCUT2D eigenvalue weighted by Crippen LogP contribution is -2.58. The zero-order valence-electron chi connectivity index (χ0n) is 25.6. The number of carboxylic acid groups (broad SMARTS) is 2. The van der Waals surface area contributed by atoms with Crippen LogP contribution in [0.2, 0.25) is 0 Å². The van der Waals surface area contributed by atoms with E-state index in [0.29, 0.717) is 5.75 Å². The van der Waals surface area contributed by atoms with E-state index in [4.69, 9.17) is 28.7 Å². The SMILES string of the molecule is CSCC[C@H](NC(=O)[C@@H](N)CO)C(=O)N[C@@H](CCCN=C(N)N)C(=O)N[C@@H](CCC(=O)O)C(=O)N[C@@H](CCCN=C(N)N)C(=O)O.